The lowest BCUT2D eigenvalue weighted by Crippen LogP contribution is -2.22. The average Bonchev–Trinajstić information content (AvgIpc) is 1.65. The first-order chi connectivity index (χ1) is 2.81. The van der Waals surface area contributed by atoms with E-state index in [9.17, 15) is 0 Å². The molecule has 2 nitrogen and oxygen atoms in total. The average molecular weight is 89.1 g/mol. The molecule has 0 bridgehead atoms. The molecule has 1 atom stereocenters. The van der Waals surface area contributed by atoms with Crippen LogP contribution in [0.5, 0.6) is 0 Å². The molecule has 38 valence electrons. The molecule has 0 saturated heterocycles. The molecule has 1 N–H and O–H groups in total. The van der Waals surface area contributed by atoms with Crippen molar-refractivity contribution in [2.24, 2.45) is 0 Å². The molecule has 0 aliphatic rings. The molecule has 0 aromatic carbocycles. The van der Waals surface area contributed by atoms with Crippen molar-refractivity contribution in [3.05, 3.63) is 0 Å². The molecule has 0 aromatic rings. The van der Waals surface area contributed by atoms with Gasteiger partial charge >= 0.3 is 0 Å². The predicted molar refractivity (Wildman–Crippen MR) is 25.5 cm³/mol. The molecule has 0 saturated carbocycles. The zero-order valence-electron chi connectivity index (χ0n) is 4.49. The fourth-order valence-electron chi connectivity index (χ4n) is 0.118. The molecular formula is C4H11NO. The van der Waals surface area contributed by atoms with Crippen LogP contribution in [0.4, 0.5) is 0 Å². The van der Waals surface area contributed by atoms with Crippen LogP contribution in [-0.2, 0) is 4.74 Å². The SMILES string of the molecule is CN[C@@H](C)OC. The van der Waals surface area contributed by atoms with Gasteiger partial charge in [-0.25, -0.2) is 0 Å². The second-order valence-electron chi connectivity index (χ2n) is 1.17. The fraction of sp³-hybridized carbons (Fsp3) is 1.00. The largest absolute Gasteiger partial charge is 0.367 e. The Hall–Kier alpha value is -0.0800. The Labute approximate surface area is 38.5 Å². The lowest BCUT2D eigenvalue weighted by atomic mass is 10.7. The highest BCUT2D eigenvalue weighted by atomic mass is 16.5. The van der Waals surface area contributed by atoms with Gasteiger partial charge in [-0.1, -0.05) is 0 Å². The smallest absolute Gasteiger partial charge is 0.104 e. The Bertz CT molecular complexity index is 26.7. The third kappa shape index (κ3) is 2.18. The van der Waals surface area contributed by atoms with E-state index in [0.717, 1.165) is 0 Å². The second-order valence-corrected chi connectivity index (χ2v) is 1.17. The summed E-state index contributed by atoms with van der Waals surface area (Å²) in [6, 6.07) is 0. The van der Waals surface area contributed by atoms with Crippen molar-refractivity contribution in [2.75, 3.05) is 14.2 Å². The van der Waals surface area contributed by atoms with Crippen LogP contribution in [-0.4, -0.2) is 20.4 Å². The van der Waals surface area contributed by atoms with Crippen LogP contribution in [0.2, 0.25) is 0 Å². The number of rotatable bonds is 2. The van der Waals surface area contributed by atoms with Crippen LogP contribution in [0.3, 0.4) is 0 Å². The van der Waals surface area contributed by atoms with Crippen LogP contribution in [0.1, 0.15) is 6.92 Å². The van der Waals surface area contributed by atoms with Gasteiger partial charge in [-0.15, -0.1) is 0 Å². The molecule has 0 unspecified atom stereocenters. The van der Waals surface area contributed by atoms with Crippen molar-refractivity contribution in [1.29, 1.82) is 0 Å². The van der Waals surface area contributed by atoms with Gasteiger partial charge in [0.2, 0.25) is 0 Å². The third-order valence-corrected chi connectivity index (χ3v) is 0.760. The number of methoxy groups -OCH3 is 1. The van der Waals surface area contributed by atoms with Crippen molar-refractivity contribution < 1.29 is 4.74 Å². The quantitative estimate of drug-likeness (QED) is 0.488. The minimum Gasteiger partial charge on any atom is -0.367 e. The van der Waals surface area contributed by atoms with Gasteiger partial charge in [-0.05, 0) is 14.0 Å². The Morgan fingerprint density at radius 3 is 2.17 bits per heavy atom. The van der Waals surface area contributed by atoms with Gasteiger partial charge in [-0.3, -0.25) is 5.32 Å². The van der Waals surface area contributed by atoms with Crippen LogP contribution < -0.4 is 5.32 Å². The molecule has 0 rings (SSSR count). The summed E-state index contributed by atoms with van der Waals surface area (Å²) < 4.78 is 4.79. The van der Waals surface area contributed by atoms with E-state index in [2.05, 4.69) is 5.32 Å². The molecule has 6 heavy (non-hydrogen) atoms. The first-order valence-corrected chi connectivity index (χ1v) is 2.01. The summed E-state index contributed by atoms with van der Waals surface area (Å²) in [4.78, 5) is 0. The van der Waals surface area contributed by atoms with Crippen molar-refractivity contribution in [3.63, 3.8) is 0 Å². The van der Waals surface area contributed by atoms with Crippen LogP contribution in [0, 0.1) is 0 Å². The minimum absolute atomic E-state index is 0.185. The normalized spacial score (nSPS) is 14.5. The molecule has 2 heteroatoms. The maximum atomic E-state index is 4.79. The van der Waals surface area contributed by atoms with E-state index in [1.807, 2.05) is 14.0 Å². The predicted octanol–water partition coefficient (Wildman–Crippen LogP) is 0.198. The van der Waals surface area contributed by atoms with Crippen molar-refractivity contribution >= 4 is 0 Å². The third-order valence-electron chi connectivity index (χ3n) is 0.760. The first-order valence-electron chi connectivity index (χ1n) is 2.01. The Kier molecular flexibility index (Phi) is 3.08. The van der Waals surface area contributed by atoms with E-state index in [-0.39, 0.29) is 6.23 Å². The van der Waals surface area contributed by atoms with E-state index in [1.165, 1.54) is 0 Å². The summed E-state index contributed by atoms with van der Waals surface area (Å²) >= 11 is 0. The number of hydrogen-bond donors (Lipinski definition) is 1. The number of ether oxygens (including phenoxy) is 1. The topological polar surface area (TPSA) is 21.3 Å². The lowest BCUT2D eigenvalue weighted by Gasteiger charge is -2.04. The van der Waals surface area contributed by atoms with E-state index in [4.69, 9.17) is 4.74 Å². The maximum absolute atomic E-state index is 4.79. The van der Waals surface area contributed by atoms with Crippen LogP contribution >= 0.6 is 0 Å². The van der Waals surface area contributed by atoms with Crippen LogP contribution in [0.15, 0.2) is 0 Å². The Morgan fingerprint density at radius 2 is 2.17 bits per heavy atom. The van der Waals surface area contributed by atoms with Crippen molar-refractivity contribution in [3.8, 4) is 0 Å². The number of nitrogens with one attached hydrogen (secondary N) is 1. The Balaban J connectivity index is 2.75. The summed E-state index contributed by atoms with van der Waals surface area (Å²) in [5.41, 5.74) is 0. The molecule has 0 heterocycles. The lowest BCUT2D eigenvalue weighted by molar-refractivity contribution is 0.0966. The maximum Gasteiger partial charge on any atom is 0.104 e. The fourth-order valence-corrected chi connectivity index (χ4v) is 0.118. The molecule has 0 amide bonds. The van der Waals surface area contributed by atoms with Gasteiger partial charge < -0.3 is 4.74 Å². The monoisotopic (exact) mass is 89.1 g/mol. The molecule has 0 radical (unpaired) electrons. The van der Waals surface area contributed by atoms with Gasteiger partial charge in [0.05, 0.1) is 0 Å². The van der Waals surface area contributed by atoms with Crippen molar-refractivity contribution in [2.45, 2.75) is 13.2 Å². The standard InChI is InChI=1S/C4H11NO/c1-4(5-2)6-3/h4-5H,1-3H3/t4-/m1/s1. The van der Waals surface area contributed by atoms with E-state index < -0.39 is 0 Å². The molecule has 0 aliphatic heterocycles. The van der Waals surface area contributed by atoms with Gasteiger partial charge in [0.15, 0.2) is 0 Å². The molecule has 0 aliphatic carbocycles. The van der Waals surface area contributed by atoms with E-state index >= 15 is 0 Å². The van der Waals surface area contributed by atoms with Gasteiger partial charge in [-0.2, -0.15) is 0 Å². The zero-order valence-corrected chi connectivity index (χ0v) is 4.49. The highest BCUT2D eigenvalue weighted by Crippen LogP contribution is 1.73. The Morgan fingerprint density at radius 1 is 1.67 bits per heavy atom. The highest BCUT2D eigenvalue weighted by molar-refractivity contribution is 4.33. The molecule has 0 fully saturated rings. The van der Waals surface area contributed by atoms with E-state index in [0.29, 0.717) is 0 Å². The van der Waals surface area contributed by atoms with E-state index in [1.54, 1.807) is 7.11 Å². The summed E-state index contributed by atoms with van der Waals surface area (Å²) in [6.07, 6.45) is 0.185. The van der Waals surface area contributed by atoms with Gasteiger partial charge in [0.1, 0.15) is 6.23 Å². The van der Waals surface area contributed by atoms with Crippen molar-refractivity contribution in [1.82, 2.24) is 5.32 Å². The van der Waals surface area contributed by atoms with Crippen LogP contribution in [0.25, 0.3) is 0 Å². The first kappa shape index (κ1) is 5.92. The second kappa shape index (κ2) is 3.12. The summed E-state index contributed by atoms with van der Waals surface area (Å²) in [6.45, 7) is 1.94. The highest BCUT2D eigenvalue weighted by Gasteiger charge is 1.86. The summed E-state index contributed by atoms with van der Waals surface area (Å²) in [7, 11) is 3.52. The van der Waals surface area contributed by atoms with Gasteiger partial charge in [0.25, 0.3) is 0 Å². The zero-order chi connectivity index (χ0) is 4.99. The molecule has 0 spiro atoms. The molecular weight excluding hydrogens is 78.0 g/mol. The van der Waals surface area contributed by atoms with Gasteiger partial charge in [0, 0.05) is 7.11 Å². The number of hydrogen-bond acceptors (Lipinski definition) is 2. The summed E-state index contributed by atoms with van der Waals surface area (Å²) in [5.74, 6) is 0. The minimum atomic E-state index is 0.185. The summed E-state index contributed by atoms with van der Waals surface area (Å²) in [5, 5.41) is 2.89. The molecule has 0 aromatic heterocycles.